The van der Waals surface area contributed by atoms with Crippen LogP contribution in [0.15, 0.2) is 41.5 Å². The number of thioether (sulfide) groups is 1. The summed E-state index contributed by atoms with van der Waals surface area (Å²) in [4.78, 5) is 14.1. The number of aryl methyl sites for hydroxylation is 1. The molecule has 4 heterocycles. The first-order valence-corrected chi connectivity index (χ1v) is 11.0. The zero-order chi connectivity index (χ0) is 19.3. The summed E-state index contributed by atoms with van der Waals surface area (Å²) in [6.45, 7) is 7.16. The molecule has 0 unspecified atom stereocenters. The van der Waals surface area contributed by atoms with E-state index in [1.54, 1.807) is 6.07 Å². The number of anilines is 1. The molecule has 3 aliphatic rings. The highest BCUT2D eigenvalue weighted by Crippen LogP contribution is 2.48. The van der Waals surface area contributed by atoms with E-state index in [2.05, 4.69) is 28.6 Å². The van der Waals surface area contributed by atoms with Crippen LogP contribution in [0.1, 0.15) is 48.7 Å². The van der Waals surface area contributed by atoms with Gasteiger partial charge in [-0.3, -0.25) is 9.98 Å². The van der Waals surface area contributed by atoms with Gasteiger partial charge in [-0.1, -0.05) is 24.8 Å². The topological polar surface area (TPSA) is 31.7 Å². The molecule has 2 fully saturated rings. The van der Waals surface area contributed by atoms with Crippen LogP contribution in [0, 0.1) is 12.7 Å². The van der Waals surface area contributed by atoms with Gasteiger partial charge >= 0.3 is 0 Å². The highest BCUT2D eigenvalue weighted by Gasteiger charge is 2.44. The van der Waals surface area contributed by atoms with E-state index in [-0.39, 0.29) is 17.9 Å². The Morgan fingerprint density at radius 1 is 1.18 bits per heavy atom. The van der Waals surface area contributed by atoms with Crippen molar-refractivity contribution in [3.8, 4) is 0 Å². The number of aromatic nitrogens is 1. The molecule has 28 heavy (non-hydrogen) atoms. The highest BCUT2D eigenvalue weighted by atomic mass is 32.2. The molecule has 0 bridgehead atoms. The molecule has 0 N–H and O–H groups in total. The molecule has 146 valence electrons. The van der Waals surface area contributed by atoms with Crippen LogP contribution >= 0.6 is 11.8 Å². The number of pyridine rings is 1. The van der Waals surface area contributed by atoms with Crippen molar-refractivity contribution >= 4 is 22.6 Å². The molecule has 0 amide bonds. The van der Waals surface area contributed by atoms with Gasteiger partial charge in [0.2, 0.25) is 0 Å². The molecule has 6 heteroatoms. The van der Waals surface area contributed by atoms with E-state index in [9.17, 15) is 0 Å². The second kappa shape index (κ2) is 7.07. The molecule has 3 aliphatic heterocycles. The van der Waals surface area contributed by atoms with E-state index >= 15 is 4.39 Å². The number of hydrogen-bond donors (Lipinski definition) is 0. The fourth-order valence-electron chi connectivity index (χ4n) is 4.65. The number of amidine groups is 1. The van der Waals surface area contributed by atoms with Crippen LogP contribution in [0.5, 0.6) is 0 Å². The molecule has 0 aliphatic carbocycles. The van der Waals surface area contributed by atoms with Crippen molar-refractivity contribution < 1.29 is 4.39 Å². The summed E-state index contributed by atoms with van der Waals surface area (Å²) >= 11 is 1.81. The van der Waals surface area contributed by atoms with Gasteiger partial charge in [-0.05, 0) is 55.2 Å². The van der Waals surface area contributed by atoms with Crippen LogP contribution in [0.4, 0.5) is 10.1 Å². The molecular formula is C22H25FN4S. The molecule has 2 saturated heterocycles. The maximum absolute atomic E-state index is 15.2. The molecule has 0 spiro atoms. The predicted molar refractivity (Wildman–Crippen MR) is 113 cm³/mol. The molecule has 1 aromatic carbocycles. The summed E-state index contributed by atoms with van der Waals surface area (Å²) in [5.41, 5.74) is 3.86. The van der Waals surface area contributed by atoms with E-state index in [4.69, 9.17) is 4.99 Å². The van der Waals surface area contributed by atoms with Crippen LogP contribution in [-0.2, 0) is 0 Å². The SMILES string of the molecule is Cc1cc(N2CCCC2)c(F)cc1[C@H]1[C@H](c2ccccn2)N=C2S[C@@H](C)CN21. The Morgan fingerprint density at radius 3 is 2.75 bits per heavy atom. The summed E-state index contributed by atoms with van der Waals surface area (Å²) in [5, 5.41) is 1.57. The van der Waals surface area contributed by atoms with Crippen LogP contribution < -0.4 is 4.90 Å². The number of hydrogen-bond acceptors (Lipinski definition) is 5. The lowest BCUT2D eigenvalue weighted by atomic mass is 9.92. The van der Waals surface area contributed by atoms with E-state index in [0.717, 1.165) is 60.2 Å². The number of benzene rings is 1. The first-order chi connectivity index (χ1) is 13.6. The Balaban J connectivity index is 1.57. The van der Waals surface area contributed by atoms with Crippen LogP contribution in [-0.4, -0.2) is 39.9 Å². The zero-order valence-electron chi connectivity index (χ0n) is 16.3. The van der Waals surface area contributed by atoms with Gasteiger partial charge in [0, 0.05) is 31.1 Å². The first-order valence-electron chi connectivity index (χ1n) is 10.1. The van der Waals surface area contributed by atoms with E-state index < -0.39 is 0 Å². The van der Waals surface area contributed by atoms with Gasteiger partial charge in [0.05, 0.1) is 17.4 Å². The lowest BCUT2D eigenvalue weighted by Gasteiger charge is -2.29. The smallest absolute Gasteiger partial charge is 0.160 e. The van der Waals surface area contributed by atoms with Gasteiger partial charge in [0.25, 0.3) is 0 Å². The minimum absolute atomic E-state index is 0.00415. The summed E-state index contributed by atoms with van der Waals surface area (Å²) in [5.74, 6) is -0.115. The van der Waals surface area contributed by atoms with Crippen LogP contribution in [0.25, 0.3) is 0 Å². The third kappa shape index (κ3) is 2.98. The largest absolute Gasteiger partial charge is 0.369 e. The fourth-order valence-corrected chi connectivity index (χ4v) is 5.75. The summed E-state index contributed by atoms with van der Waals surface area (Å²) < 4.78 is 15.2. The second-order valence-corrected chi connectivity index (χ2v) is 9.40. The summed E-state index contributed by atoms with van der Waals surface area (Å²) in [7, 11) is 0. The van der Waals surface area contributed by atoms with Crippen LogP contribution in [0.2, 0.25) is 0 Å². The van der Waals surface area contributed by atoms with Crippen molar-refractivity contribution in [3.05, 3.63) is 59.2 Å². The second-order valence-electron chi connectivity index (χ2n) is 7.99. The molecule has 4 nitrogen and oxygen atoms in total. The lowest BCUT2D eigenvalue weighted by molar-refractivity contribution is 0.319. The van der Waals surface area contributed by atoms with Crippen molar-refractivity contribution in [2.45, 2.75) is 44.0 Å². The van der Waals surface area contributed by atoms with Crippen LogP contribution in [0.3, 0.4) is 0 Å². The molecule has 1 aromatic heterocycles. The summed E-state index contributed by atoms with van der Waals surface area (Å²) in [6.07, 6.45) is 4.10. The quantitative estimate of drug-likeness (QED) is 0.751. The molecule has 0 radical (unpaired) electrons. The molecule has 0 saturated carbocycles. The van der Waals surface area contributed by atoms with E-state index in [1.165, 1.54) is 0 Å². The normalized spacial score (nSPS) is 26.7. The lowest BCUT2D eigenvalue weighted by Crippen LogP contribution is -2.29. The maximum Gasteiger partial charge on any atom is 0.160 e. The standard InChI is InChI=1S/C22H25FN4S/c1-14-11-19(26-9-5-6-10-26)17(23)12-16(14)21-20(18-7-3-4-8-24-18)25-22-27(21)13-15(2)28-22/h3-4,7-8,11-12,15,20-21H,5-6,9-10,13H2,1-2H3/t15-,20-,21-/m0/s1. The maximum atomic E-state index is 15.2. The molecular weight excluding hydrogens is 371 g/mol. The van der Waals surface area contributed by atoms with Gasteiger partial charge in [-0.15, -0.1) is 0 Å². The van der Waals surface area contributed by atoms with Gasteiger partial charge < -0.3 is 9.80 Å². The van der Waals surface area contributed by atoms with Gasteiger partial charge in [-0.2, -0.15) is 0 Å². The van der Waals surface area contributed by atoms with Crippen molar-refractivity contribution in [1.82, 2.24) is 9.88 Å². The minimum Gasteiger partial charge on any atom is -0.369 e. The average molecular weight is 397 g/mol. The molecule has 5 rings (SSSR count). The highest BCUT2D eigenvalue weighted by molar-refractivity contribution is 8.14. The Bertz CT molecular complexity index is 910. The number of aliphatic imine (C=N–C) groups is 1. The zero-order valence-corrected chi connectivity index (χ0v) is 17.1. The third-order valence-corrected chi connectivity index (χ3v) is 7.08. The third-order valence-electron chi connectivity index (χ3n) is 5.98. The number of fused-ring (bicyclic) bond motifs is 1. The Hall–Kier alpha value is -2.08. The van der Waals surface area contributed by atoms with Gasteiger partial charge in [0.1, 0.15) is 11.9 Å². The number of halogens is 1. The monoisotopic (exact) mass is 396 g/mol. The number of rotatable bonds is 3. The molecule has 2 aromatic rings. The van der Waals surface area contributed by atoms with Gasteiger partial charge in [-0.25, -0.2) is 4.39 Å². The predicted octanol–water partition coefficient (Wildman–Crippen LogP) is 4.72. The molecule has 3 atom stereocenters. The van der Waals surface area contributed by atoms with E-state index in [1.807, 2.05) is 42.2 Å². The van der Waals surface area contributed by atoms with Crippen molar-refractivity contribution in [2.24, 2.45) is 4.99 Å². The van der Waals surface area contributed by atoms with Gasteiger partial charge in [0.15, 0.2) is 5.17 Å². The fraction of sp³-hybridized carbons (Fsp3) is 0.455. The van der Waals surface area contributed by atoms with Crippen molar-refractivity contribution in [3.63, 3.8) is 0 Å². The summed E-state index contributed by atoms with van der Waals surface area (Å²) in [6, 6.07) is 9.67. The first kappa shape index (κ1) is 18.0. The Morgan fingerprint density at radius 2 is 2.00 bits per heavy atom. The average Bonchev–Trinajstić information content (AvgIpc) is 3.40. The number of nitrogens with zero attached hydrogens (tertiary/aromatic N) is 4. The van der Waals surface area contributed by atoms with Crippen molar-refractivity contribution in [1.29, 1.82) is 0 Å². The van der Waals surface area contributed by atoms with E-state index in [0.29, 0.717) is 5.25 Å². The minimum atomic E-state index is -0.115. The van der Waals surface area contributed by atoms with Crippen molar-refractivity contribution in [2.75, 3.05) is 24.5 Å². The Kier molecular flexibility index (Phi) is 4.54. The Labute approximate surface area is 169 Å².